The molecule has 0 radical (unpaired) electrons. The van der Waals surface area contributed by atoms with Gasteiger partial charge >= 0.3 is 0 Å². The van der Waals surface area contributed by atoms with E-state index in [0.29, 0.717) is 0 Å². The summed E-state index contributed by atoms with van der Waals surface area (Å²) in [7, 11) is 0. The highest BCUT2D eigenvalue weighted by molar-refractivity contribution is 5.17. The van der Waals surface area contributed by atoms with E-state index in [4.69, 9.17) is 5.26 Å². The highest BCUT2D eigenvalue weighted by Crippen LogP contribution is 2.24. The van der Waals surface area contributed by atoms with Crippen molar-refractivity contribution in [2.45, 2.75) is 38.6 Å². The van der Waals surface area contributed by atoms with Crippen molar-refractivity contribution in [3.8, 4) is 6.07 Å². The van der Waals surface area contributed by atoms with Crippen LogP contribution in [-0.2, 0) is 0 Å². The van der Waals surface area contributed by atoms with Gasteiger partial charge in [0.1, 0.15) is 11.9 Å². The third-order valence-corrected chi connectivity index (χ3v) is 3.35. The number of nitrogens with zero attached hydrogens (tertiary/aromatic N) is 3. The van der Waals surface area contributed by atoms with Crippen molar-refractivity contribution in [2.24, 2.45) is 5.92 Å². The van der Waals surface area contributed by atoms with E-state index in [-0.39, 0.29) is 6.04 Å². The Bertz CT molecular complexity index is 387. The molecule has 1 unspecified atom stereocenters. The molecule has 1 saturated carbocycles. The van der Waals surface area contributed by atoms with Gasteiger partial charge in [-0.3, -0.25) is 5.32 Å². The Morgan fingerprint density at radius 3 is 2.65 bits per heavy atom. The zero-order valence-electron chi connectivity index (χ0n) is 10.2. The van der Waals surface area contributed by atoms with Crippen LogP contribution in [0.1, 0.15) is 43.1 Å². The van der Waals surface area contributed by atoms with Gasteiger partial charge in [0.15, 0.2) is 0 Å². The van der Waals surface area contributed by atoms with E-state index in [1.807, 2.05) is 6.92 Å². The molecule has 0 spiro atoms. The van der Waals surface area contributed by atoms with E-state index >= 15 is 0 Å². The Morgan fingerprint density at radius 1 is 1.41 bits per heavy atom. The second-order valence-corrected chi connectivity index (χ2v) is 4.68. The van der Waals surface area contributed by atoms with Crippen LogP contribution < -0.4 is 5.32 Å². The second-order valence-electron chi connectivity index (χ2n) is 4.68. The first kappa shape index (κ1) is 12.0. The lowest BCUT2D eigenvalue weighted by molar-refractivity contribution is 0.471. The molecule has 1 aromatic heterocycles. The lowest BCUT2D eigenvalue weighted by atomic mass is 10.1. The zero-order valence-corrected chi connectivity index (χ0v) is 10.2. The lowest BCUT2D eigenvalue weighted by Gasteiger charge is -2.14. The molecule has 0 bridgehead atoms. The topological polar surface area (TPSA) is 61.6 Å². The van der Waals surface area contributed by atoms with Gasteiger partial charge in [-0.2, -0.15) is 5.26 Å². The van der Waals surface area contributed by atoms with Gasteiger partial charge < -0.3 is 0 Å². The molecule has 0 saturated heterocycles. The van der Waals surface area contributed by atoms with E-state index in [0.717, 1.165) is 23.9 Å². The molecule has 1 aliphatic carbocycles. The van der Waals surface area contributed by atoms with E-state index in [9.17, 15) is 0 Å². The Kier molecular flexibility index (Phi) is 4.05. The van der Waals surface area contributed by atoms with Crippen LogP contribution in [0.5, 0.6) is 0 Å². The van der Waals surface area contributed by atoms with Gasteiger partial charge in [-0.15, -0.1) is 0 Å². The molecule has 1 heterocycles. The Balaban J connectivity index is 1.92. The van der Waals surface area contributed by atoms with Crippen LogP contribution in [0.2, 0.25) is 0 Å². The first-order valence-corrected chi connectivity index (χ1v) is 6.21. The molecule has 1 fully saturated rings. The lowest BCUT2D eigenvalue weighted by Crippen LogP contribution is -2.25. The van der Waals surface area contributed by atoms with E-state index < -0.39 is 0 Å². The minimum atomic E-state index is -0.281. The molecule has 2 rings (SSSR count). The number of aromatic nitrogens is 2. The van der Waals surface area contributed by atoms with E-state index in [1.54, 1.807) is 12.4 Å². The predicted octanol–water partition coefficient (Wildman–Crippen LogP) is 2.13. The van der Waals surface area contributed by atoms with Crippen molar-refractivity contribution in [3.05, 3.63) is 23.8 Å². The van der Waals surface area contributed by atoms with Crippen LogP contribution in [0.15, 0.2) is 12.4 Å². The third kappa shape index (κ3) is 3.24. The number of nitriles is 1. The SMILES string of the molecule is Cc1ncc(C(C#N)NCC2CCCC2)cn1. The number of hydrogen-bond acceptors (Lipinski definition) is 4. The normalized spacial score (nSPS) is 17.9. The molecule has 1 N–H and O–H groups in total. The summed E-state index contributed by atoms with van der Waals surface area (Å²) in [6, 6.07) is 1.99. The first-order valence-electron chi connectivity index (χ1n) is 6.21. The van der Waals surface area contributed by atoms with Gasteiger partial charge in [-0.05, 0) is 32.2 Å². The molecule has 17 heavy (non-hydrogen) atoms. The average Bonchev–Trinajstić information content (AvgIpc) is 2.85. The molecule has 4 heteroatoms. The Morgan fingerprint density at radius 2 is 2.06 bits per heavy atom. The summed E-state index contributed by atoms with van der Waals surface area (Å²) in [5.41, 5.74) is 0.857. The molecule has 0 aromatic carbocycles. The maximum atomic E-state index is 9.15. The highest BCUT2D eigenvalue weighted by atomic mass is 14.9. The maximum absolute atomic E-state index is 9.15. The van der Waals surface area contributed by atoms with E-state index in [1.165, 1.54) is 25.7 Å². The molecular weight excluding hydrogens is 212 g/mol. The Labute approximate surface area is 102 Å². The molecule has 1 aromatic rings. The fourth-order valence-electron chi connectivity index (χ4n) is 2.29. The van der Waals surface area contributed by atoms with Crippen molar-refractivity contribution in [3.63, 3.8) is 0 Å². The fourth-order valence-corrected chi connectivity index (χ4v) is 2.29. The summed E-state index contributed by atoms with van der Waals surface area (Å²) >= 11 is 0. The van der Waals surface area contributed by atoms with Crippen molar-refractivity contribution in [1.29, 1.82) is 5.26 Å². The summed E-state index contributed by atoms with van der Waals surface area (Å²) in [6.45, 7) is 2.77. The molecule has 1 aliphatic rings. The molecule has 4 nitrogen and oxygen atoms in total. The number of rotatable bonds is 4. The first-order chi connectivity index (χ1) is 8.29. The van der Waals surface area contributed by atoms with Crippen molar-refractivity contribution in [2.75, 3.05) is 6.54 Å². The second kappa shape index (κ2) is 5.74. The zero-order chi connectivity index (χ0) is 12.1. The Hall–Kier alpha value is -1.47. The minimum Gasteiger partial charge on any atom is -0.298 e. The standard InChI is InChI=1S/C13H18N4/c1-10-15-8-12(9-16-10)13(6-14)17-7-11-4-2-3-5-11/h8-9,11,13,17H,2-5,7H2,1H3. The van der Waals surface area contributed by atoms with Gasteiger partial charge in [0, 0.05) is 18.0 Å². The van der Waals surface area contributed by atoms with Crippen molar-refractivity contribution in [1.82, 2.24) is 15.3 Å². The summed E-state index contributed by atoms with van der Waals surface area (Å²) < 4.78 is 0. The molecular formula is C13H18N4. The van der Waals surface area contributed by atoms with Crippen molar-refractivity contribution >= 4 is 0 Å². The van der Waals surface area contributed by atoms with Crippen LogP contribution >= 0.6 is 0 Å². The average molecular weight is 230 g/mol. The van der Waals surface area contributed by atoms with Crippen LogP contribution in [-0.4, -0.2) is 16.5 Å². The highest BCUT2D eigenvalue weighted by Gasteiger charge is 2.17. The predicted molar refractivity (Wildman–Crippen MR) is 65.1 cm³/mol. The van der Waals surface area contributed by atoms with Crippen LogP contribution in [0.25, 0.3) is 0 Å². The largest absolute Gasteiger partial charge is 0.298 e. The summed E-state index contributed by atoms with van der Waals surface area (Å²) in [6.07, 6.45) is 8.70. The van der Waals surface area contributed by atoms with Gasteiger partial charge in [0.25, 0.3) is 0 Å². The van der Waals surface area contributed by atoms with Crippen LogP contribution in [0.4, 0.5) is 0 Å². The van der Waals surface area contributed by atoms with Gasteiger partial charge in [-0.25, -0.2) is 9.97 Å². The van der Waals surface area contributed by atoms with E-state index in [2.05, 4.69) is 21.4 Å². The van der Waals surface area contributed by atoms with Gasteiger partial charge in [0.2, 0.25) is 0 Å². The van der Waals surface area contributed by atoms with Crippen molar-refractivity contribution < 1.29 is 0 Å². The van der Waals surface area contributed by atoms with Gasteiger partial charge in [0.05, 0.1) is 6.07 Å². The summed E-state index contributed by atoms with van der Waals surface area (Å²) in [5, 5.41) is 12.5. The summed E-state index contributed by atoms with van der Waals surface area (Å²) in [4.78, 5) is 8.25. The van der Waals surface area contributed by atoms with Gasteiger partial charge in [-0.1, -0.05) is 12.8 Å². The molecule has 0 amide bonds. The minimum absolute atomic E-state index is 0.281. The fraction of sp³-hybridized carbons (Fsp3) is 0.615. The molecule has 1 atom stereocenters. The number of nitrogens with one attached hydrogen (secondary N) is 1. The quantitative estimate of drug-likeness (QED) is 0.860. The smallest absolute Gasteiger partial charge is 0.125 e. The number of aryl methyl sites for hydroxylation is 1. The molecule has 0 aliphatic heterocycles. The maximum Gasteiger partial charge on any atom is 0.125 e. The van der Waals surface area contributed by atoms with Crippen LogP contribution in [0.3, 0.4) is 0 Å². The monoisotopic (exact) mass is 230 g/mol. The summed E-state index contributed by atoms with van der Waals surface area (Å²) in [5.74, 6) is 1.47. The molecule has 90 valence electrons. The third-order valence-electron chi connectivity index (χ3n) is 3.35. The van der Waals surface area contributed by atoms with Crippen LogP contribution in [0, 0.1) is 24.2 Å². The number of hydrogen-bond donors (Lipinski definition) is 1.